The summed E-state index contributed by atoms with van der Waals surface area (Å²) in [5.41, 5.74) is 0. The zero-order valence-corrected chi connectivity index (χ0v) is 14.0. The Bertz CT molecular complexity index is 684. The van der Waals surface area contributed by atoms with Gasteiger partial charge in [0.2, 0.25) is 15.9 Å². The Morgan fingerprint density at radius 2 is 1.88 bits per heavy atom. The largest absolute Gasteiger partial charge is 0.573 e. The van der Waals surface area contributed by atoms with E-state index in [9.17, 15) is 26.4 Å². The van der Waals surface area contributed by atoms with E-state index in [1.54, 1.807) is 4.90 Å². The van der Waals surface area contributed by atoms with Gasteiger partial charge >= 0.3 is 6.36 Å². The van der Waals surface area contributed by atoms with Crippen LogP contribution in [0, 0.1) is 0 Å². The first-order chi connectivity index (χ1) is 11.7. The van der Waals surface area contributed by atoms with Gasteiger partial charge in [0.05, 0.1) is 11.4 Å². The molecule has 2 N–H and O–H groups in total. The highest BCUT2D eigenvalue weighted by molar-refractivity contribution is 7.89. The van der Waals surface area contributed by atoms with Crippen LogP contribution in [0.1, 0.15) is 6.42 Å². The van der Waals surface area contributed by atoms with Crippen molar-refractivity contribution in [2.45, 2.75) is 17.7 Å². The maximum atomic E-state index is 12.1. The highest BCUT2D eigenvalue weighted by Gasteiger charge is 2.31. The van der Waals surface area contributed by atoms with Gasteiger partial charge in [-0.25, -0.2) is 13.1 Å². The lowest BCUT2D eigenvalue weighted by Crippen LogP contribution is -2.41. The van der Waals surface area contributed by atoms with Crippen LogP contribution in [0.25, 0.3) is 0 Å². The standard InChI is InChI=1S/C14H18F3N3O4S/c15-14(16,17)24-11-2-4-12(5-3-11)25(22,23)19-10-13(21)20-8-1-6-18-7-9-20/h2-5,18-19H,1,6-10H2. The number of ether oxygens (including phenoxy) is 1. The van der Waals surface area contributed by atoms with E-state index in [1.807, 2.05) is 0 Å². The fourth-order valence-corrected chi connectivity index (χ4v) is 3.24. The van der Waals surface area contributed by atoms with E-state index in [2.05, 4.69) is 14.8 Å². The summed E-state index contributed by atoms with van der Waals surface area (Å²) in [6.07, 6.45) is -4.08. The van der Waals surface area contributed by atoms with Crippen LogP contribution in [-0.4, -0.2) is 58.3 Å². The average Bonchev–Trinajstić information content (AvgIpc) is 2.81. The summed E-state index contributed by atoms with van der Waals surface area (Å²) in [4.78, 5) is 13.4. The first-order valence-corrected chi connectivity index (χ1v) is 9.00. The quantitative estimate of drug-likeness (QED) is 0.784. The van der Waals surface area contributed by atoms with Crippen molar-refractivity contribution in [3.63, 3.8) is 0 Å². The minimum atomic E-state index is -4.85. The van der Waals surface area contributed by atoms with Crippen LogP contribution in [0.15, 0.2) is 29.2 Å². The van der Waals surface area contributed by atoms with Gasteiger partial charge in [0.25, 0.3) is 0 Å². The first-order valence-electron chi connectivity index (χ1n) is 7.51. The Morgan fingerprint density at radius 1 is 1.20 bits per heavy atom. The maximum absolute atomic E-state index is 12.1. The molecule has 1 aliphatic rings. The Hall–Kier alpha value is -1.85. The van der Waals surface area contributed by atoms with Gasteiger partial charge in [-0.2, -0.15) is 0 Å². The number of sulfonamides is 1. The van der Waals surface area contributed by atoms with E-state index >= 15 is 0 Å². The molecule has 7 nitrogen and oxygen atoms in total. The lowest BCUT2D eigenvalue weighted by Gasteiger charge is -2.20. The van der Waals surface area contributed by atoms with E-state index in [0.717, 1.165) is 37.2 Å². The van der Waals surface area contributed by atoms with Crippen LogP contribution in [0.4, 0.5) is 13.2 Å². The predicted octanol–water partition coefficient (Wildman–Crippen LogP) is 0.685. The van der Waals surface area contributed by atoms with Gasteiger partial charge in [-0.15, -0.1) is 13.2 Å². The normalized spacial score (nSPS) is 16.4. The summed E-state index contributed by atoms with van der Waals surface area (Å²) in [5.74, 6) is -0.885. The molecule has 0 bridgehead atoms. The molecule has 0 aliphatic carbocycles. The second kappa shape index (κ2) is 8.02. The molecular formula is C14H18F3N3O4S. The number of hydrogen-bond acceptors (Lipinski definition) is 5. The number of benzene rings is 1. The van der Waals surface area contributed by atoms with Crippen molar-refractivity contribution in [3.8, 4) is 5.75 Å². The fraction of sp³-hybridized carbons (Fsp3) is 0.500. The second-order valence-electron chi connectivity index (χ2n) is 5.33. The van der Waals surface area contributed by atoms with Crippen LogP contribution < -0.4 is 14.8 Å². The van der Waals surface area contributed by atoms with Crippen LogP contribution in [0.2, 0.25) is 0 Å². The minimum Gasteiger partial charge on any atom is -0.406 e. The summed E-state index contributed by atoms with van der Waals surface area (Å²) in [6.45, 7) is 2.05. The molecule has 1 aromatic carbocycles. The van der Waals surface area contributed by atoms with Crippen molar-refractivity contribution in [1.29, 1.82) is 0 Å². The van der Waals surface area contributed by atoms with Crippen LogP contribution in [0.5, 0.6) is 5.75 Å². The Morgan fingerprint density at radius 3 is 2.52 bits per heavy atom. The summed E-state index contributed by atoms with van der Waals surface area (Å²) in [5, 5.41) is 3.13. The molecule has 1 heterocycles. The van der Waals surface area contributed by atoms with Crippen molar-refractivity contribution < 1.29 is 31.1 Å². The van der Waals surface area contributed by atoms with Gasteiger partial charge in [-0.1, -0.05) is 0 Å². The van der Waals surface area contributed by atoms with Gasteiger partial charge in [-0.05, 0) is 37.2 Å². The number of carbonyl (C=O) groups is 1. The van der Waals surface area contributed by atoms with E-state index in [4.69, 9.17) is 0 Å². The first kappa shape index (κ1) is 19.5. The van der Waals surface area contributed by atoms with Crippen LogP contribution in [0.3, 0.4) is 0 Å². The van der Waals surface area contributed by atoms with E-state index in [-0.39, 0.29) is 10.8 Å². The number of hydrogen-bond donors (Lipinski definition) is 2. The predicted molar refractivity (Wildman–Crippen MR) is 82.4 cm³/mol. The molecule has 0 radical (unpaired) electrons. The molecule has 1 aromatic rings. The second-order valence-corrected chi connectivity index (χ2v) is 7.10. The topological polar surface area (TPSA) is 87.7 Å². The number of nitrogens with one attached hydrogen (secondary N) is 2. The maximum Gasteiger partial charge on any atom is 0.573 e. The van der Waals surface area contributed by atoms with Gasteiger partial charge in [0, 0.05) is 19.6 Å². The van der Waals surface area contributed by atoms with Crippen molar-refractivity contribution in [1.82, 2.24) is 14.9 Å². The van der Waals surface area contributed by atoms with Crippen molar-refractivity contribution in [2.24, 2.45) is 0 Å². The van der Waals surface area contributed by atoms with Gasteiger partial charge < -0.3 is 15.0 Å². The van der Waals surface area contributed by atoms with Gasteiger partial charge in [0.1, 0.15) is 5.75 Å². The lowest BCUT2D eigenvalue weighted by molar-refractivity contribution is -0.274. The molecule has 0 unspecified atom stereocenters. The highest BCUT2D eigenvalue weighted by atomic mass is 32.2. The molecule has 140 valence electrons. The molecule has 0 aromatic heterocycles. The Balaban J connectivity index is 1.95. The third-order valence-electron chi connectivity index (χ3n) is 3.47. The average molecular weight is 381 g/mol. The molecule has 0 atom stereocenters. The van der Waals surface area contributed by atoms with E-state index in [1.165, 1.54) is 0 Å². The number of carbonyl (C=O) groups excluding carboxylic acids is 1. The van der Waals surface area contributed by atoms with Gasteiger partial charge in [-0.3, -0.25) is 4.79 Å². The van der Waals surface area contributed by atoms with Crippen LogP contribution >= 0.6 is 0 Å². The molecular weight excluding hydrogens is 363 g/mol. The van der Waals surface area contributed by atoms with Gasteiger partial charge in [0.15, 0.2) is 0 Å². The number of halogens is 3. The molecule has 1 aliphatic heterocycles. The minimum absolute atomic E-state index is 0.257. The number of alkyl halides is 3. The van der Waals surface area contributed by atoms with Crippen molar-refractivity contribution >= 4 is 15.9 Å². The fourth-order valence-electron chi connectivity index (χ4n) is 2.27. The summed E-state index contributed by atoms with van der Waals surface area (Å²) in [6, 6.07) is 3.74. The highest BCUT2D eigenvalue weighted by Crippen LogP contribution is 2.23. The summed E-state index contributed by atoms with van der Waals surface area (Å²) in [7, 11) is -4.01. The monoisotopic (exact) mass is 381 g/mol. The van der Waals surface area contributed by atoms with Crippen LogP contribution in [-0.2, 0) is 14.8 Å². The van der Waals surface area contributed by atoms with E-state index in [0.29, 0.717) is 19.6 Å². The van der Waals surface area contributed by atoms with Crippen molar-refractivity contribution in [3.05, 3.63) is 24.3 Å². The van der Waals surface area contributed by atoms with Crippen molar-refractivity contribution in [2.75, 3.05) is 32.7 Å². The molecule has 1 saturated heterocycles. The number of nitrogens with zero attached hydrogens (tertiary/aromatic N) is 1. The zero-order chi connectivity index (χ0) is 18.5. The number of amides is 1. The smallest absolute Gasteiger partial charge is 0.406 e. The van der Waals surface area contributed by atoms with E-state index < -0.39 is 28.7 Å². The third-order valence-corrected chi connectivity index (χ3v) is 4.89. The molecule has 2 rings (SSSR count). The molecule has 0 saturated carbocycles. The third kappa shape index (κ3) is 6.18. The Kier molecular flexibility index (Phi) is 6.25. The Labute approximate surface area is 143 Å². The molecule has 1 amide bonds. The summed E-state index contributed by atoms with van der Waals surface area (Å²) >= 11 is 0. The molecule has 25 heavy (non-hydrogen) atoms. The molecule has 1 fully saturated rings. The SMILES string of the molecule is O=C(CNS(=O)(=O)c1ccc(OC(F)(F)F)cc1)N1CCCNCC1. The summed E-state index contributed by atoms with van der Waals surface area (Å²) < 4.78 is 66.4. The lowest BCUT2D eigenvalue weighted by atomic mass is 10.3. The molecule has 0 spiro atoms. The number of rotatable bonds is 5. The zero-order valence-electron chi connectivity index (χ0n) is 13.2. The molecule has 11 heteroatoms.